The molecule has 2 rings (SSSR count). The summed E-state index contributed by atoms with van der Waals surface area (Å²) in [5.74, 6) is 0.268. The Bertz CT molecular complexity index is 674. The van der Waals surface area contributed by atoms with Crippen molar-refractivity contribution in [3.05, 3.63) is 56.5 Å². The molecule has 0 saturated carbocycles. The van der Waals surface area contributed by atoms with E-state index in [0.29, 0.717) is 10.8 Å². The normalized spacial score (nSPS) is 10.3. The molecule has 2 aromatic carbocycles. The van der Waals surface area contributed by atoms with Gasteiger partial charge in [0.15, 0.2) is 6.61 Å². The van der Waals surface area contributed by atoms with Crippen molar-refractivity contribution in [2.45, 2.75) is 6.92 Å². The number of esters is 1. The summed E-state index contributed by atoms with van der Waals surface area (Å²) in [7, 11) is 0. The zero-order valence-corrected chi connectivity index (χ0v) is 14.1. The number of aryl methyl sites for hydroxylation is 1. The van der Waals surface area contributed by atoms with Crippen LogP contribution in [0.15, 0.2) is 40.9 Å². The molecule has 21 heavy (non-hydrogen) atoms. The van der Waals surface area contributed by atoms with Crippen molar-refractivity contribution in [1.82, 2.24) is 0 Å². The first-order valence-corrected chi connectivity index (χ1v) is 7.55. The molecule has 0 unspecified atom stereocenters. The Morgan fingerprint density at radius 3 is 2.52 bits per heavy atom. The van der Waals surface area contributed by atoms with Gasteiger partial charge in [-0.1, -0.05) is 29.3 Å². The molecule has 0 aliphatic rings. The first kappa shape index (κ1) is 16.1. The maximum Gasteiger partial charge on any atom is 0.349 e. The second kappa shape index (κ2) is 7.16. The number of hydrogen-bond acceptors (Lipinski definition) is 3. The van der Waals surface area contributed by atoms with Crippen molar-refractivity contribution in [1.29, 1.82) is 0 Å². The Kier molecular flexibility index (Phi) is 5.51. The summed E-state index contributed by atoms with van der Waals surface area (Å²) in [6.07, 6.45) is 0. The third-order valence-corrected chi connectivity index (χ3v) is 3.70. The predicted octanol–water partition coefficient (Wildman–Crippen LogP) is 5.05. The summed E-state index contributed by atoms with van der Waals surface area (Å²) in [6, 6.07) is 10.2. The van der Waals surface area contributed by atoms with E-state index >= 15 is 0 Å². The molecule has 0 aliphatic carbocycles. The van der Waals surface area contributed by atoms with Gasteiger partial charge in [-0.25, -0.2) is 4.79 Å². The maximum absolute atomic E-state index is 11.7. The van der Waals surface area contributed by atoms with Gasteiger partial charge in [0.1, 0.15) is 11.5 Å². The van der Waals surface area contributed by atoms with Crippen LogP contribution in [0.4, 0.5) is 0 Å². The van der Waals surface area contributed by atoms with E-state index in [2.05, 4.69) is 15.9 Å². The molecule has 0 saturated heterocycles. The Hall–Kier alpha value is -1.23. The molecule has 0 atom stereocenters. The molecule has 0 fully saturated rings. The highest BCUT2D eigenvalue weighted by Crippen LogP contribution is 2.28. The lowest BCUT2D eigenvalue weighted by Gasteiger charge is -2.09. The van der Waals surface area contributed by atoms with Crippen LogP contribution in [0.25, 0.3) is 0 Å². The Morgan fingerprint density at radius 1 is 1.14 bits per heavy atom. The van der Waals surface area contributed by atoms with Crippen LogP contribution in [0.2, 0.25) is 10.0 Å². The molecule has 0 N–H and O–H groups in total. The van der Waals surface area contributed by atoms with Gasteiger partial charge in [-0.05, 0) is 58.7 Å². The monoisotopic (exact) mass is 388 g/mol. The van der Waals surface area contributed by atoms with Crippen molar-refractivity contribution in [3.63, 3.8) is 0 Å². The highest BCUT2D eigenvalue weighted by Gasteiger charge is 2.11. The molecule has 2 aromatic rings. The molecule has 0 aliphatic heterocycles. The Balaban J connectivity index is 1.96. The molecular formula is C15H11BrCl2O3. The van der Waals surface area contributed by atoms with Gasteiger partial charge in [0, 0.05) is 5.02 Å². The fraction of sp³-hybridized carbons (Fsp3) is 0.133. The summed E-state index contributed by atoms with van der Waals surface area (Å²) >= 11 is 15.1. The minimum atomic E-state index is -0.549. The van der Waals surface area contributed by atoms with Crippen LogP contribution in [0.3, 0.4) is 0 Å². The highest BCUT2D eigenvalue weighted by atomic mass is 79.9. The van der Waals surface area contributed by atoms with E-state index in [-0.39, 0.29) is 17.4 Å². The topological polar surface area (TPSA) is 35.5 Å². The maximum atomic E-state index is 11.7. The summed E-state index contributed by atoms with van der Waals surface area (Å²) in [5.41, 5.74) is 1.09. The average Bonchev–Trinajstić information content (AvgIpc) is 2.41. The highest BCUT2D eigenvalue weighted by molar-refractivity contribution is 9.10. The summed E-state index contributed by atoms with van der Waals surface area (Å²) in [5, 5.41) is 0.743. The Labute approximate surface area is 140 Å². The quantitative estimate of drug-likeness (QED) is 0.542. The molecule has 0 aromatic heterocycles. The van der Waals surface area contributed by atoms with Gasteiger partial charge in [0.05, 0.1) is 9.50 Å². The molecule has 6 heteroatoms. The van der Waals surface area contributed by atoms with Crippen LogP contribution in [0, 0.1) is 6.92 Å². The van der Waals surface area contributed by atoms with Crippen LogP contribution in [-0.4, -0.2) is 12.6 Å². The molecule has 0 radical (unpaired) electrons. The lowest BCUT2D eigenvalue weighted by atomic mass is 10.2. The number of hydrogen-bond donors (Lipinski definition) is 0. The molecule has 0 amide bonds. The first-order chi connectivity index (χ1) is 9.95. The molecular weight excluding hydrogens is 379 g/mol. The second-order valence-corrected chi connectivity index (χ2v) is 5.97. The summed E-state index contributed by atoms with van der Waals surface area (Å²) in [6.45, 7) is 1.74. The molecule has 0 spiro atoms. The fourth-order valence-electron chi connectivity index (χ4n) is 1.57. The number of carbonyl (C=O) groups is 1. The van der Waals surface area contributed by atoms with E-state index < -0.39 is 5.97 Å². The SMILES string of the molecule is Cc1ccc(OCC(=O)Oc2ccc(Cl)cc2Cl)c(Br)c1. The van der Waals surface area contributed by atoms with Crippen molar-refractivity contribution in [3.8, 4) is 11.5 Å². The van der Waals surface area contributed by atoms with Crippen molar-refractivity contribution in [2.24, 2.45) is 0 Å². The average molecular weight is 390 g/mol. The molecule has 110 valence electrons. The lowest BCUT2D eigenvalue weighted by Crippen LogP contribution is -2.18. The van der Waals surface area contributed by atoms with Gasteiger partial charge in [0.25, 0.3) is 0 Å². The third kappa shape index (κ3) is 4.63. The summed E-state index contributed by atoms with van der Waals surface area (Å²) in [4.78, 5) is 11.7. The van der Waals surface area contributed by atoms with Crippen molar-refractivity contribution < 1.29 is 14.3 Å². The molecule has 0 heterocycles. The lowest BCUT2D eigenvalue weighted by molar-refractivity contribution is -0.136. The number of rotatable bonds is 4. The zero-order chi connectivity index (χ0) is 15.4. The van der Waals surface area contributed by atoms with E-state index in [1.54, 1.807) is 12.1 Å². The number of carbonyl (C=O) groups excluding carboxylic acids is 1. The van der Waals surface area contributed by atoms with Gasteiger partial charge >= 0.3 is 5.97 Å². The fourth-order valence-corrected chi connectivity index (χ4v) is 2.62. The van der Waals surface area contributed by atoms with E-state index in [9.17, 15) is 4.79 Å². The van der Waals surface area contributed by atoms with Crippen LogP contribution < -0.4 is 9.47 Å². The molecule has 3 nitrogen and oxygen atoms in total. The number of benzene rings is 2. The van der Waals surface area contributed by atoms with E-state index in [1.807, 2.05) is 19.1 Å². The summed E-state index contributed by atoms with van der Waals surface area (Å²) < 4.78 is 11.3. The van der Waals surface area contributed by atoms with Crippen LogP contribution >= 0.6 is 39.1 Å². The standard InChI is InChI=1S/C15H11BrCl2O3/c1-9-2-4-13(11(16)6-9)20-8-15(19)21-14-5-3-10(17)7-12(14)18/h2-7H,8H2,1H3. The smallest absolute Gasteiger partial charge is 0.349 e. The van der Waals surface area contributed by atoms with E-state index in [4.69, 9.17) is 32.7 Å². The number of halogens is 3. The number of ether oxygens (including phenoxy) is 2. The van der Waals surface area contributed by atoms with E-state index in [1.165, 1.54) is 12.1 Å². The van der Waals surface area contributed by atoms with Crippen molar-refractivity contribution >= 4 is 45.1 Å². The van der Waals surface area contributed by atoms with Crippen LogP contribution in [0.1, 0.15) is 5.56 Å². The van der Waals surface area contributed by atoms with Crippen LogP contribution in [0.5, 0.6) is 11.5 Å². The van der Waals surface area contributed by atoms with Gasteiger partial charge in [0.2, 0.25) is 0 Å². The largest absolute Gasteiger partial charge is 0.481 e. The van der Waals surface area contributed by atoms with E-state index in [0.717, 1.165) is 10.0 Å². The Morgan fingerprint density at radius 2 is 1.86 bits per heavy atom. The van der Waals surface area contributed by atoms with Crippen molar-refractivity contribution in [2.75, 3.05) is 6.61 Å². The second-order valence-electron chi connectivity index (χ2n) is 4.27. The van der Waals surface area contributed by atoms with Gasteiger partial charge in [-0.15, -0.1) is 0 Å². The zero-order valence-electron chi connectivity index (χ0n) is 11.0. The van der Waals surface area contributed by atoms with Gasteiger partial charge in [-0.3, -0.25) is 0 Å². The third-order valence-electron chi connectivity index (χ3n) is 2.55. The molecule has 0 bridgehead atoms. The first-order valence-electron chi connectivity index (χ1n) is 6.00. The minimum Gasteiger partial charge on any atom is -0.481 e. The minimum absolute atomic E-state index is 0.222. The van der Waals surface area contributed by atoms with Crippen LogP contribution in [-0.2, 0) is 4.79 Å². The predicted molar refractivity (Wildman–Crippen MR) is 86.5 cm³/mol. The van der Waals surface area contributed by atoms with Gasteiger partial charge < -0.3 is 9.47 Å². The van der Waals surface area contributed by atoms with Gasteiger partial charge in [-0.2, -0.15) is 0 Å².